The van der Waals surface area contributed by atoms with E-state index < -0.39 is 6.04 Å². The Balaban J connectivity index is 2.89. The van der Waals surface area contributed by atoms with Crippen LogP contribution in [-0.4, -0.2) is 18.1 Å². The lowest BCUT2D eigenvalue weighted by Gasteiger charge is -2.14. The van der Waals surface area contributed by atoms with Crippen molar-refractivity contribution < 1.29 is 9.53 Å². The molecule has 0 aliphatic heterocycles. The molecule has 0 saturated carbocycles. The van der Waals surface area contributed by atoms with Gasteiger partial charge in [-0.05, 0) is 32.9 Å². The predicted molar refractivity (Wildman–Crippen MR) is 64.7 cm³/mol. The fraction of sp³-hybridized carbons (Fsp3) is 0.385. The highest BCUT2D eigenvalue weighted by Gasteiger charge is 2.14. The van der Waals surface area contributed by atoms with Crippen LogP contribution >= 0.6 is 0 Å². The normalized spacial score (nSPS) is 11.7. The molecular formula is C13H16N2O2. The van der Waals surface area contributed by atoms with Gasteiger partial charge in [-0.1, -0.05) is 12.1 Å². The summed E-state index contributed by atoms with van der Waals surface area (Å²) in [5.41, 5.74) is 0.447. The summed E-state index contributed by atoms with van der Waals surface area (Å²) < 4.78 is 5.54. The van der Waals surface area contributed by atoms with E-state index in [9.17, 15) is 4.79 Å². The van der Waals surface area contributed by atoms with Gasteiger partial charge in [-0.2, -0.15) is 5.26 Å². The van der Waals surface area contributed by atoms with Crippen LogP contribution in [0.3, 0.4) is 0 Å². The van der Waals surface area contributed by atoms with Crippen molar-refractivity contribution in [2.75, 3.05) is 0 Å². The van der Waals surface area contributed by atoms with Gasteiger partial charge in [0.2, 0.25) is 0 Å². The third kappa shape index (κ3) is 3.80. The summed E-state index contributed by atoms with van der Waals surface area (Å²) in [5.74, 6) is 0.237. The highest BCUT2D eigenvalue weighted by Crippen LogP contribution is 2.19. The first-order valence-electron chi connectivity index (χ1n) is 5.50. The first-order chi connectivity index (χ1) is 8.04. The number of amides is 1. The van der Waals surface area contributed by atoms with Gasteiger partial charge in [0.25, 0.3) is 5.91 Å². The quantitative estimate of drug-likeness (QED) is 0.864. The van der Waals surface area contributed by atoms with E-state index in [0.29, 0.717) is 11.3 Å². The van der Waals surface area contributed by atoms with E-state index in [4.69, 9.17) is 10.00 Å². The Bertz CT molecular complexity index is 435. The minimum absolute atomic E-state index is 0.00246. The monoisotopic (exact) mass is 232 g/mol. The molecule has 0 spiro atoms. The Kier molecular flexibility index (Phi) is 4.53. The van der Waals surface area contributed by atoms with Gasteiger partial charge in [0, 0.05) is 0 Å². The van der Waals surface area contributed by atoms with Crippen molar-refractivity contribution in [2.24, 2.45) is 0 Å². The van der Waals surface area contributed by atoms with E-state index in [2.05, 4.69) is 5.32 Å². The molecule has 4 heteroatoms. The van der Waals surface area contributed by atoms with E-state index in [1.807, 2.05) is 26.0 Å². The van der Waals surface area contributed by atoms with E-state index >= 15 is 0 Å². The van der Waals surface area contributed by atoms with E-state index in [-0.39, 0.29) is 12.0 Å². The molecular weight excluding hydrogens is 216 g/mol. The number of ether oxygens (including phenoxy) is 1. The molecule has 1 aromatic rings. The molecule has 0 aliphatic rings. The molecule has 0 aromatic heterocycles. The summed E-state index contributed by atoms with van der Waals surface area (Å²) in [6, 6.07) is 8.42. The number of para-hydroxylation sites is 1. The zero-order valence-electron chi connectivity index (χ0n) is 10.2. The number of hydrogen-bond acceptors (Lipinski definition) is 3. The molecule has 0 bridgehead atoms. The van der Waals surface area contributed by atoms with E-state index in [0.717, 1.165) is 0 Å². The summed E-state index contributed by atoms with van der Waals surface area (Å²) in [6.07, 6.45) is -0.00246. The van der Waals surface area contributed by atoms with Crippen LogP contribution < -0.4 is 10.1 Å². The summed E-state index contributed by atoms with van der Waals surface area (Å²) in [6.45, 7) is 5.42. The summed E-state index contributed by atoms with van der Waals surface area (Å²) in [7, 11) is 0. The third-order valence-electron chi connectivity index (χ3n) is 2.04. The van der Waals surface area contributed by atoms with Crippen molar-refractivity contribution >= 4 is 5.91 Å². The maximum Gasteiger partial charge on any atom is 0.256 e. The highest BCUT2D eigenvalue weighted by molar-refractivity contribution is 5.97. The molecule has 1 rings (SSSR count). The zero-order chi connectivity index (χ0) is 12.8. The van der Waals surface area contributed by atoms with Crippen molar-refractivity contribution in [2.45, 2.75) is 32.9 Å². The molecule has 1 N–H and O–H groups in total. The number of nitrogens with one attached hydrogen (secondary N) is 1. The first-order valence-corrected chi connectivity index (χ1v) is 5.50. The number of rotatable bonds is 4. The van der Waals surface area contributed by atoms with Crippen LogP contribution in [0.5, 0.6) is 5.75 Å². The van der Waals surface area contributed by atoms with Crippen molar-refractivity contribution in [1.82, 2.24) is 5.32 Å². The van der Waals surface area contributed by atoms with Crippen LogP contribution in [0.4, 0.5) is 0 Å². The maximum atomic E-state index is 11.9. The Morgan fingerprint density at radius 1 is 1.35 bits per heavy atom. The SMILES string of the molecule is CC(C#N)NC(=O)c1ccccc1OC(C)C. The minimum Gasteiger partial charge on any atom is -0.490 e. The molecule has 0 heterocycles. The van der Waals surface area contributed by atoms with Crippen LogP contribution in [0.25, 0.3) is 0 Å². The molecule has 0 saturated heterocycles. The molecule has 0 fully saturated rings. The van der Waals surface area contributed by atoms with E-state index in [1.165, 1.54) is 0 Å². The van der Waals surface area contributed by atoms with Gasteiger partial charge in [-0.25, -0.2) is 0 Å². The fourth-order valence-electron chi connectivity index (χ4n) is 1.32. The Labute approximate surface area is 101 Å². The largest absolute Gasteiger partial charge is 0.490 e. The molecule has 90 valence electrons. The highest BCUT2D eigenvalue weighted by atomic mass is 16.5. The summed E-state index contributed by atoms with van der Waals surface area (Å²) >= 11 is 0. The van der Waals surface area contributed by atoms with Gasteiger partial charge >= 0.3 is 0 Å². The van der Waals surface area contributed by atoms with Gasteiger partial charge in [0.15, 0.2) is 0 Å². The molecule has 0 radical (unpaired) electrons. The number of nitriles is 1. The number of carbonyl (C=O) groups is 1. The maximum absolute atomic E-state index is 11.9. The number of hydrogen-bond donors (Lipinski definition) is 1. The lowest BCUT2D eigenvalue weighted by atomic mass is 10.1. The van der Waals surface area contributed by atoms with E-state index in [1.54, 1.807) is 25.1 Å². The number of benzene rings is 1. The van der Waals surface area contributed by atoms with Gasteiger partial charge < -0.3 is 10.1 Å². The predicted octanol–water partition coefficient (Wildman–Crippen LogP) is 2.12. The first kappa shape index (κ1) is 13.0. The fourth-order valence-corrected chi connectivity index (χ4v) is 1.32. The number of nitrogens with zero attached hydrogens (tertiary/aromatic N) is 1. The average Bonchev–Trinajstić information content (AvgIpc) is 2.28. The van der Waals surface area contributed by atoms with Crippen LogP contribution in [0, 0.1) is 11.3 Å². The lowest BCUT2D eigenvalue weighted by molar-refractivity contribution is 0.0942. The standard InChI is InChI=1S/C13H16N2O2/c1-9(2)17-12-7-5-4-6-11(12)13(16)15-10(3)8-14/h4-7,9-10H,1-3H3,(H,15,16). The minimum atomic E-state index is -0.519. The summed E-state index contributed by atoms with van der Waals surface area (Å²) in [5, 5.41) is 11.2. The van der Waals surface area contributed by atoms with Crippen LogP contribution in [0.15, 0.2) is 24.3 Å². The topological polar surface area (TPSA) is 62.1 Å². The number of carbonyl (C=O) groups excluding carboxylic acids is 1. The molecule has 1 unspecified atom stereocenters. The molecule has 1 aromatic carbocycles. The zero-order valence-corrected chi connectivity index (χ0v) is 10.2. The Hall–Kier alpha value is -2.02. The van der Waals surface area contributed by atoms with Crippen molar-refractivity contribution in [3.8, 4) is 11.8 Å². The molecule has 1 atom stereocenters. The molecule has 4 nitrogen and oxygen atoms in total. The Morgan fingerprint density at radius 2 is 2.00 bits per heavy atom. The molecule has 1 amide bonds. The smallest absolute Gasteiger partial charge is 0.256 e. The third-order valence-corrected chi connectivity index (χ3v) is 2.04. The van der Waals surface area contributed by atoms with Crippen molar-refractivity contribution in [3.05, 3.63) is 29.8 Å². The lowest BCUT2D eigenvalue weighted by Crippen LogP contribution is -2.31. The van der Waals surface area contributed by atoms with Gasteiger partial charge in [0.05, 0.1) is 17.7 Å². The average molecular weight is 232 g/mol. The molecule has 17 heavy (non-hydrogen) atoms. The van der Waals surface area contributed by atoms with Gasteiger partial charge in [-0.15, -0.1) is 0 Å². The second-order valence-electron chi connectivity index (χ2n) is 3.99. The van der Waals surface area contributed by atoms with Gasteiger partial charge in [0.1, 0.15) is 11.8 Å². The van der Waals surface area contributed by atoms with Crippen LogP contribution in [0.2, 0.25) is 0 Å². The van der Waals surface area contributed by atoms with Crippen molar-refractivity contribution in [3.63, 3.8) is 0 Å². The molecule has 0 aliphatic carbocycles. The van der Waals surface area contributed by atoms with Crippen LogP contribution in [-0.2, 0) is 0 Å². The van der Waals surface area contributed by atoms with Crippen molar-refractivity contribution in [1.29, 1.82) is 5.26 Å². The second kappa shape index (κ2) is 5.90. The summed E-state index contributed by atoms with van der Waals surface area (Å²) in [4.78, 5) is 11.9. The van der Waals surface area contributed by atoms with Crippen LogP contribution in [0.1, 0.15) is 31.1 Å². The Morgan fingerprint density at radius 3 is 2.59 bits per heavy atom. The van der Waals surface area contributed by atoms with Gasteiger partial charge in [-0.3, -0.25) is 4.79 Å². The second-order valence-corrected chi connectivity index (χ2v) is 3.99.